The zero-order chi connectivity index (χ0) is 20.3. The highest BCUT2D eigenvalue weighted by Gasteiger charge is 2.27. The summed E-state index contributed by atoms with van der Waals surface area (Å²) < 4.78 is 13.2. The molecule has 2 aromatic rings. The topological polar surface area (TPSA) is 119 Å². The van der Waals surface area contributed by atoms with Gasteiger partial charge in [-0.15, -0.1) is 0 Å². The molecule has 0 bridgehead atoms. The highest BCUT2D eigenvalue weighted by atomic mass is 19.1. The number of primary amides is 1. The Hall–Kier alpha value is -3.49. The molecule has 1 fully saturated rings. The summed E-state index contributed by atoms with van der Waals surface area (Å²) in [5.41, 5.74) is 5.78. The third-order valence-corrected chi connectivity index (χ3v) is 4.34. The number of hydrogen-bond donors (Lipinski definition) is 2. The summed E-state index contributed by atoms with van der Waals surface area (Å²) >= 11 is 0. The van der Waals surface area contributed by atoms with Crippen LogP contribution in [0.3, 0.4) is 0 Å². The molecule has 28 heavy (non-hydrogen) atoms. The minimum atomic E-state index is -0.602. The largest absolute Gasteiger partial charge is 0.377 e. The summed E-state index contributed by atoms with van der Waals surface area (Å²) in [5.74, 6) is -1.62. The van der Waals surface area contributed by atoms with Crippen LogP contribution >= 0.6 is 0 Å². The number of nitrogens with one attached hydrogen (secondary N) is 1. The summed E-state index contributed by atoms with van der Waals surface area (Å²) in [7, 11) is 0. The zero-order valence-corrected chi connectivity index (χ0v) is 14.9. The van der Waals surface area contributed by atoms with Gasteiger partial charge < -0.3 is 16.0 Å². The molecule has 0 radical (unpaired) electrons. The van der Waals surface area contributed by atoms with Gasteiger partial charge in [0.1, 0.15) is 11.5 Å². The monoisotopic (exact) mass is 386 g/mol. The maximum atomic E-state index is 13.2. The van der Waals surface area contributed by atoms with E-state index in [0.29, 0.717) is 11.4 Å². The number of amides is 2. The van der Waals surface area contributed by atoms with E-state index >= 15 is 0 Å². The fourth-order valence-corrected chi connectivity index (χ4v) is 2.73. The van der Waals surface area contributed by atoms with Crippen molar-refractivity contribution < 1.29 is 18.9 Å². The highest BCUT2D eigenvalue weighted by Crippen LogP contribution is 2.32. The molecule has 9 heteroatoms. The van der Waals surface area contributed by atoms with E-state index in [2.05, 4.69) is 5.32 Å². The van der Waals surface area contributed by atoms with Crippen LogP contribution in [0.5, 0.6) is 0 Å². The lowest BCUT2D eigenvalue weighted by Crippen LogP contribution is -2.34. The summed E-state index contributed by atoms with van der Waals surface area (Å²) in [5, 5.41) is 14.5. The Labute approximate surface area is 160 Å². The molecule has 2 amide bonds. The SMILES string of the molecule is NC(=O)CCN(C(=O)c1ccc(NC2CC2)c([N+](=O)[O-])c1)c1ccc(F)cc1. The fourth-order valence-electron chi connectivity index (χ4n) is 2.73. The molecule has 3 rings (SSSR count). The normalized spacial score (nSPS) is 13.0. The van der Waals surface area contributed by atoms with E-state index in [4.69, 9.17) is 5.73 Å². The summed E-state index contributed by atoms with van der Waals surface area (Å²) in [6.07, 6.45) is 1.79. The van der Waals surface area contributed by atoms with Crippen LogP contribution in [0.15, 0.2) is 42.5 Å². The zero-order valence-electron chi connectivity index (χ0n) is 14.9. The van der Waals surface area contributed by atoms with Gasteiger partial charge >= 0.3 is 0 Å². The summed E-state index contributed by atoms with van der Waals surface area (Å²) in [6.45, 7) is -0.0321. The van der Waals surface area contributed by atoms with Crippen LogP contribution in [-0.4, -0.2) is 29.3 Å². The average molecular weight is 386 g/mol. The van der Waals surface area contributed by atoms with Gasteiger partial charge in [0.05, 0.1) is 4.92 Å². The van der Waals surface area contributed by atoms with Crippen molar-refractivity contribution in [2.75, 3.05) is 16.8 Å². The average Bonchev–Trinajstić information content (AvgIpc) is 3.47. The Bertz CT molecular complexity index is 913. The second-order valence-electron chi connectivity index (χ2n) is 6.56. The molecule has 0 spiro atoms. The van der Waals surface area contributed by atoms with Crippen molar-refractivity contribution in [1.29, 1.82) is 0 Å². The van der Waals surface area contributed by atoms with Gasteiger partial charge in [0.15, 0.2) is 0 Å². The summed E-state index contributed by atoms with van der Waals surface area (Å²) in [4.78, 5) is 36.3. The molecule has 0 aromatic heterocycles. The van der Waals surface area contributed by atoms with Gasteiger partial charge in [-0.2, -0.15) is 0 Å². The van der Waals surface area contributed by atoms with Gasteiger partial charge in [-0.25, -0.2) is 4.39 Å². The van der Waals surface area contributed by atoms with Crippen LogP contribution in [0.25, 0.3) is 0 Å². The molecule has 3 N–H and O–H groups in total. The first-order chi connectivity index (χ1) is 13.3. The van der Waals surface area contributed by atoms with Crippen LogP contribution in [0.2, 0.25) is 0 Å². The van der Waals surface area contributed by atoms with Crippen LogP contribution in [0.4, 0.5) is 21.5 Å². The highest BCUT2D eigenvalue weighted by molar-refractivity contribution is 6.07. The van der Waals surface area contributed by atoms with Crippen molar-refractivity contribution in [1.82, 2.24) is 0 Å². The number of hydrogen-bond acceptors (Lipinski definition) is 5. The number of benzene rings is 2. The Kier molecular flexibility index (Phi) is 5.53. The third-order valence-electron chi connectivity index (χ3n) is 4.34. The first-order valence-corrected chi connectivity index (χ1v) is 8.76. The van der Waals surface area contributed by atoms with E-state index in [-0.39, 0.29) is 30.3 Å². The van der Waals surface area contributed by atoms with Crippen LogP contribution in [0, 0.1) is 15.9 Å². The molecular weight excluding hydrogens is 367 g/mol. The number of carbonyl (C=O) groups excluding carboxylic acids is 2. The van der Waals surface area contributed by atoms with E-state index in [9.17, 15) is 24.1 Å². The van der Waals surface area contributed by atoms with Gasteiger partial charge in [-0.3, -0.25) is 19.7 Å². The van der Waals surface area contributed by atoms with Gasteiger partial charge in [-0.1, -0.05) is 0 Å². The lowest BCUT2D eigenvalue weighted by Gasteiger charge is -2.22. The Morgan fingerprint density at radius 1 is 1.21 bits per heavy atom. The lowest BCUT2D eigenvalue weighted by atomic mass is 10.1. The lowest BCUT2D eigenvalue weighted by molar-refractivity contribution is -0.384. The molecule has 2 aromatic carbocycles. The molecule has 146 valence electrons. The maximum absolute atomic E-state index is 13.2. The first-order valence-electron chi connectivity index (χ1n) is 8.76. The molecule has 0 saturated heterocycles. The third kappa shape index (κ3) is 4.61. The molecule has 0 aliphatic heterocycles. The van der Waals surface area contributed by atoms with Crippen molar-refractivity contribution in [3.8, 4) is 0 Å². The molecule has 0 unspecified atom stereocenters. The van der Waals surface area contributed by atoms with E-state index in [1.165, 1.54) is 47.4 Å². The second-order valence-corrected chi connectivity index (χ2v) is 6.56. The van der Waals surface area contributed by atoms with Crippen molar-refractivity contribution in [3.05, 3.63) is 64.0 Å². The van der Waals surface area contributed by atoms with Crippen molar-refractivity contribution in [2.45, 2.75) is 25.3 Å². The number of nitrogens with zero attached hydrogens (tertiary/aromatic N) is 2. The van der Waals surface area contributed by atoms with Crippen molar-refractivity contribution in [3.63, 3.8) is 0 Å². The predicted octanol–water partition coefficient (Wildman–Crippen LogP) is 2.83. The minimum absolute atomic E-state index is 0.0321. The first kappa shape index (κ1) is 19.3. The number of nitro groups is 1. The molecule has 8 nitrogen and oxygen atoms in total. The minimum Gasteiger partial charge on any atom is -0.377 e. The molecular formula is C19H19FN4O4. The van der Waals surface area contributed by atoms with Gasteiger partial charge in [-0.05, 0) is 49.2 Å². The Morgan fingerprint density at radius 2 is 1.89 bits per heavy atom. The van der Waals surface area contributed by atoms with E-state index in [1.54, 1.807) is 0 Å². The Morgan fingerprint density at radius 3 is 2.46 bits per heavy atom. The standard InChI is InChI=1S/C19H19FN4O4/c20-13-2-6-15(7-3-13)23(10-9-18(21)25)19(26)12-1-8-16(22-14-4-5-14)17(11-12)24(27)28/h1-3,6-8,11,14,22H,4-5,9-10H2,(H2,21,25). The summed E-state index contributed by atoms with van der Waals surface area (Å²) in [6, 6.07) is 9.56. The molecule has 1 aliphatic rings. The van der Waals surface area contributed by atoms with Gasteiger partial charge in [0.2, 0.25) is 5.91 Å². The number of nitro benzene ring substituents is 1. The van der Waals surface area contributed by atoms with E-state index in [0.717, 1.165) is 12.8 Å². The number of nitrogens with two attached hydrogens (primary N) is 1. The predicted molar refractivity (Wildman–Crippen MR) is 102 cm³/mol. The number of anilines is 2. The van der Waals surface area contributed by atoms with Crippen molar-refractivity contribution >= 4 is 28.9 Å². The van der Waals surface area contributed by atoms with Crippen LogP contribution in [0.1, 0.15) is 29.6 Å². The van der Waals surface area contributed by atoms with E-state index < -0.39 is 22.6 Å². The van der Waals surface area contributed by atoms with Crippen molar-refractivity contribution in [2.24, 2.45) is 5.73 Å². The van der Waals surface area contributed by atoms with E-state index in [1.807, 2.05) is 0 Å². The molecule has 1 aliphatic carbocycles. The molecule has 0 heterocycles. The quantitative estimate of drug-likeness (QED) is 0.534. The molecule has 1 saturated carbocycles. The number of rotatable bonds is 8. The maximum Gasteiger partial charge on any atom is 0.293 e. The second kappa shape index (κ2) is 8.03. The smallest absolute Gasteiger partial charge is 0.293 e. The van der Waals surface area contributed by atoms with Gasteiger partial charge in [0, 0.05) is 36.3 Å². The number of halogens is 1. The van der Waals surface area contributed by atoms with Crippen LogP contribution in [-0.2, 0) is 4.79 Å². The van der Waals surface area contributed by atoms with Crippen LogP contribution < -0.4 is 16.0 Å². The Balaban J connectivity index is 1.92. The van der Waals surface area contributed by atoms with Gasteiger partial charge in [0.25, 0.3) is 11.6 Å². The molecule has 0 atom stereocenters. The number of carbonyl (C=O) groups is 2. The fraction of sp³-hybridized carbons (Fsp3) is 0.263.